The first-order valence-electron chi connectivity index (χ1n) is 7.54. The monoisotopic (exact) mass is 340 g/mol. The van der Waals surface area contributed by atoms with Crippen LogP contribution >= 0.6 is 0 Å². The Morgan fingerprint density at radius 1 is 1.17 bits per heavy atom. The number of nitrogens with zero attached hydrogens (tertiary/aromatic N) is 1. The zero-order chi connectivity index (χ0) is 16.7. The van der Waals surface area contributed by atoms with E-state index in [4.69, 9.17) is 9.47 Å². The molecule has 2 aliphatic heterocycles. The van der Waals surface area contributed by atoms with Gasteiger partial charge in [-0.1, -0.05) is 0 Å². The number of piperazine rings is 1. The van der Waals surface area contributed by atoms with Crippen molar-refractivity contribution in [3.8, 4) is 11.5 Å². The summed E-state index contributed by atoms with van der Waals surface area (Å²) in [5.41, 5.74) is -1.14. The average molecular weight is 340 g/mol. The fourth-order valence-corrected chi connectivity index (χ4v) is 4.50. The Kier molecular flexibility index (Phi) is 3.97. The van der Waals surface area contributed by atoms with Gasteiger partial charge in [0.1, 0.15) is 5.54 Å². The number of carbonyl (C=O) groups is 1. The number of fused-ring (bicyclic) bond motifs is 1. The third kappa shape index (κ3) is 2.76. The van der Waals surface area contributed by atoms with E-state index in [1.54, 1.807) is 19.9 Å². The van der Waals surface area contributed by atoms with Gasteiger partial charge < -0.3 is 14.8 Å². The molecule has 1 N–H and O–H groups in total. The van der Waals surface area contributed by atoms with E-state index >= 15 is 0 Å². The van der Waals surface area contributed by atoms with Crippen molar-refractivity contribution in [1.29, 1.82) is 0 Å². The maximum absolute atomic E-state index is 13.0. The molecule has 7 nitrogen and oxygen atoms in total. The molecule has 126 valence electrons. The summed E-state index contributed by atoms with van der Waals surface area (Å²) in [4.78, 5) is 12.1. The highest BCUT2D eigenvalue weighted by Crippen LogP contribution is 2.34. The van der Waals surface area contributed by atoms with Crippen LogP contribution < -0.4 is 14.8 Å². The molecule has 8 heteroatoms. The largest absolute Gasteiger partial charge is 0.490 e. The van der Waals surface area contributed by atoms with Gasteiger partial charge in [0.05, 0.1) is 18.1 Å². The summed E-state index contributed by atoms with van der Waals surface area (Å²) in [6.45, 7) is 4.75. The molecule has 3 rings (SSSR count). The van der Waals surface area contributed by atoms with E-state index in [0.29, 0.717) is 31.3 Å². The first-order chi connectivity index (χ1) is 10.8. The molecule has 0 bridgehead atoms. The molecule has 0 atom stereocenters. The predicted octanol–water partition coefficient (Wildman–Crippen LogP) is 0.747. The third-order valence-electron chi connectivity index (χ3n) is 4.09. The first-order valence-corrected chi connectivity index (χ1v) is 8.98. The normalized spacial score (nSPS) is 21.4. The van der Waals surface area contributed by atoms with Gasteiger partial charge in [-0.15, -0.1) is 0 Å². The van der Waals surface area contributed by atoms with E-state index in [9.17, 15) is 13.2 Å². The lowest BCUT2D eigenvalue weighted by Crippen LogP contribution is -2.63. The molecule has 2 heterocycles. The number of amides is 1. The smallest absolute Gasteiger partial charge is 0.244 e. The van der Waals surface area contributed by atoms with E-state index in [1.807, 2.05) is 0 Å². The molecule has 1 aromatic rings. The maximum Gasteiger partial charge on any atom is 0.244 e. The standard InChI is InChI=1S/C15H20N2O5S/c1-15(2)14(18)16-6-7-17(15)23(19,20)11-4-5-12-13(10-11)22-9-3-8-21-12/h4-5,10H,3,6-9H2,1-2H3,(H,16,18). The van der Waals surface area contributed by atoms with Crippen molar-refractivity contribution in [3.63, 3.8) is 0 Å². The van der Waals surface area contributed by atoms with Crippen LogP contribution in [0.2, 0.25) is 0 Å². The Bertz CT molecular complexity index is 729. The van der Waals surface area contributed by atoms with E-state index in [1.165, 1.54) is 16.4 Å². The molecule has 1 amide bonds. The minimum atomic E-state index is -3.81. The number of carbonyl (C=O) groups excluding carboxylic acids is 1. The van der Waals surface area contributed by atoms with Gasteiger partial charge >= 0.3 is 0 Å². The summed E-state index contributed by atoms with van der Waals surface area (Å²) in [6.07, 6.45) is 0.746. The van der Waals surface area contributed by atoms with Crippen molar-refractivity contribution >= 4 is 15.9 Å². The van der Waals surface area contributed by atoms with Gasteiger partial charge in [-0.25, -0.2) is 8.42 Å². The Balaban J connectivity index is 2.00. The Hall–Kier alpha value is -1.80. The highest BCUT2D eigenvalue weighted by Gasteiger charge is 2.45. The number of sulfonamides is 1. The summed E-state index contributed by atoms with van der Waals surface area (Å²) in [5, 5.41) is 2.69. The Labute approximate surface area is 135 Å². The second-order valence-corrected chi connectivity index (χ2v) is 7.91. The van der Waals surface area contributed by atoms with Crippen LogP contribution in [0.5, 0.6) is 11.5 Å². The molecule has 2 aliphatic rings. The maximum atomic E-state index is 13.0. The minimum absolute atomic E-state index is 0.101. The highest BCUT2D eigenvalue weighted by molar-refractivity contribution is 7.89. The number of nitrogens with one attached hydrogen (secondary N) is 1. The lowest BCUT2D eigenvalue weighted by Gasteiger charge is -2.39. The van der Waals surface area contributed by atoms with Crippen molar-refractivity contribution in [3.05, 3.63) is 18.2 Å². The molecule has 1 fully saturated rings. The van der Waals surface area contributed by atoms with Crippen molar-refractivity contribution in [2.75, 3.05) is 26.3 Å². The zero-order valence-corrected chi connectivity index (χ0v) is 14.0. The molecular formula is C15H20N2O5S. The summed E-state index contributed by atoms with van der Waals surface area (Å²) in [6, 6.07) is 4.56. The molecule has 1 saturated heterocycles. The highest BCUT2D eigenvalue weighted by atomic mass is 32.2. The third-order valence-corrected chi connectivity index (χ3v) is 6.16. The predicted molar refractivity (Wildman–Crippen MR) is 83.0 cm³/mol. The van der Waals surface area contributed by atoms with Crippen LogP contribution in [-0.2, 0) is 14.8 Å². The summed E-state index contributed by atoms with van der Waals surface area (Å²) >= 11 is 0. The van der Waals surface area contributed by atoms with Gasteiger partial charge in [0, 0.05) is 25.6 Å². The number of hydrogen-bond donors (Lipinski definition) is 1. The average Bonchev–Trinajstić information content (AvgIpc) is 2.74. The van der Waals surface area contributed by atoms with Crippen molar-refractivity contribution in [1.82, 2.24) is 9.62 Å². The van der Waals surface area contributed by atoms with Gasteiger partial charge in [-0.05, 0) is 26.0 Å². The molecule has 0 spiro atoms. The molecule has 0 saturated carbocycles. The van der Waals surface area contributed by atoms with Crippen LogP contribution in [0, 0.1) is 0 Å². The Morgan fingerprint density at radius 2 is 1.87 bits per heavy atom. The van der Waals surface area contributed by atoms with Gasteiger partial charge in [0.25, 0.3) is 0 Å². The van der Waals surface area contributed by atoms with Crippen molar-refractivity contribution in [2.45, 2.75) is 30.7 Å². The fraction of sp³-hybridized carbons (Fsp3) is 0.533. The van der Waals surface area contributed by atoms with Crippen molar-refractivity contribution in [2.24, 2.45) is 0 Å². The number of rotatable bonds is 2. The lowest BCUT2D eigenvalue weighted by molar-refractivity contribution is -0.131. The molecular weight excluding hydrogens is 320 g/mol. The lowest BCUT2D eigenvalue weighted by atomic mass is 10.0. The topological polar surface area (TPSA) is 84.9 Å². The van der Waals surface area contributed by atoms with Gasteiger partial charge in [0.2, 0.25) is 15.9 Å². The fourth-order valence-electron chi connectivity index (χ4n) is 2.73. The van der Waals surface area contributed by atoms with Crippen LogP contribution in [0.3, 0.4) is 0 Å². The summed E-state index contributed by atoms with van der Waals surface area (Å²) in [5.74, 6) is 0.654. The second-order valence-electron chi connectivity index (χ2n) is 6.05. The molecule has 0 unspecified atom stereocenters. The molecule has 1 aromatic carbocycles. The minimum Gasteiger partial charge on any atom is -0.490 e. The Morgan fingerprint density at radius 3 is 2.61 bits per heavy atom. The van der Waals surface area contributed by atoms with E-state index in [2.05, 4.69) is 5.32 Å². The van der Waals surface area contributed by atoms with E-state index in [-0.39, 0.29) is 17.3 Å². The van der Waals surface area contributed by atoms with Crippen LogP contribution in [-0.4, -0.2) is 50.5 Å². The first kappa shape index (κ1) is 16.1. The van der Waals surface area contributed by atoms with E-state index < -0.39 is 15.6 Å². The summed E-state index contributed by atoms with van der Waals surface area (Å²) in [7, 11) is -3.81. The molecule has 23 heavy (non-hydrogen) atoms. The number of ether oxygens (including phenoxy) is 2. The van der Waals surface area contributed by atoms with Crippen molar-refractivity contribution < 1.29 is 22.7 Å². The van der Waals surface area contributed by atoms with Gasteiger partial charge in [0.15, 0.2) is 11.5 Å². The zero-order valence-electron chi connectivity index (χ0n) is 13.2. The molecule has 0 radical (unpaired) electrons. The van der Waals surface area contributed by atoms with E-state index in [0.717, 1.165) is 6.42 Å². The summed E-state index contributed by atoms with van der Waals surface area (Å²) < 4.78 is 38.3. The number of benzene rings is 1. The number of hydrogen-bond acceptors (Lipinski definition) is 5. The molecule has 0 aromatic heterocycles. The van der Waals surface area contributed by atoms with Gasteiger partial charge in [-0.2, -0.15) is 4.31 Å². The van der Waals surface area contributed by atoms with Crippen LogP contribution in [0.1, 0.15) is 20.3 Å². The van der Waals surface area contributed by atoms with Crippen LogP contribution in [0.25, 0.3) is 0 Å². The quantitative estimate of drug-likeness (QED) is 0.859. The molecule has 0 aliphatic carbocycles. The van der Waals surface area contributed by atoms with Crippen LogP contribution in [0.4, 0.5) is 0 Å². The van der Waals surface area contributed by atoms with Crippen LogP contribution in [0.15, 0.2) is 23.1 Å². The van der Waals surface area contributed by atoms with Gasteiger partial charge in [-0.3, -0.25) is 4.79 Å². The SMILES string of the molecule is CC1(C)C(=O)NCCN1S(=O)(=O)c1ccc2c(c1)OCCCO2. The second kappa shape index (κ2) is 5.68.